The Morgan fingerprint density at radius 2 is 1.62 bits per heavy atom. The molecule has 0 aliphatic carbocycles. The van der Waals surface area contributed by atoms with Crippen molar-refractivity contribution >= 4 is 38.4 Å². The van der Waals surface area contributed by atoms with Gasteiger partial charge in [-0.3, -0.25) is 4.79 Å². The van der Waals surface area contributed by atoms with Gasteiger partial charge in [0, 0.05) is 18.0 Å². The Labute approximate surface area is 183 Å². The van der Waals surface area contributed by atoms with E-state index in [0.29, 0.717) is 12.1 Å². The first-order valence-corrected chi connectivity index (χ1v) is 11.7. The molecule has 0 aromatic heterocycles. The lowest BCUT2D eigenvalue weighted by atomic mass is 10.1. The molecule has 3 fully saturated rings. The van der Waals surface area contributed by atoms with Gasteiger partial charge in [-0.1, -0.05) is 48.5 Å². The third kappa shape index (κ3) is 2.46. The van der Waals surface area contributed by atoms with Gasteiger partial charge in [0.1, 0.15) is 16.8 Å². The highest BCUT2D eigenvalue weighted by molar-refractivity contribution is 7.89. The quantitative estimate of drug-likeness (QED) is 0.574. The molecule has 9 heteroatoms. The summed E-state index contributed by atoms with van der Waals surface area (Å²) in [5, 5.41) is 1.66. The number of nitrogens with zero attached hydrogens (tertiary/aromatic N) is 3. The van der Waals surface area contributed by atoms with Crippen molar-refractivity contribution < 1.29 is 22.4 Å². The summed E-state index contributed by atoms with van der Waals surface area (Å²) in [5.74, 6) is -1.29. The van der Waals surface area contributed by atoms with Gasteiger partial charge < -0.3 is 4.90 Å². The molecule has 2 bridgehead atoms. The van der Waals surface area contributed by atoms with Crippen LogP contribution in [0, 0.1) is 5.82 Å². The number of rotatable bonds is 3. The molecule has 0 saturated carbocycles. The number of hydrogen-bond donors (Lipinski definition) is 0. The third-order valence-electron chi connectivity index (χ3n) is 6.65. The van der Waals surface area contributed by atoms with Crippen LogP contribution in [0.25, 0.3) is 10.8 Å². The Kier molecular flexibility index (Phi) is 4.00. The molecule has 0 radical (unpaired) electrons. The maximum atomic E-state index is 14.3. The lowest BCUT2D eigenvalue weighted by Crippen LogP contribution is -2.54. The summed E-state index contributed by atoms with van der Waals surface area (Å²) in [4.78, 5) is 29.0. The summed E-state index contributed by atoms with van der Waals surface area (Å²) in [6.45, 7) is 0.0419. The van der Waals surface area contributed by atoms with E-state index < -0.39 is 50.8 Å². The largest absolute Gasteiger partial charge is 0.332 e. The lowest BCUT2D eigenvalue weighted by Gasteiger charge is -2.34. The van der Waals surface area contributed by atoms with Gasteiger partial charge in [0.2, 0.25) is 10.0 Å². The number of hydrogen-bond acceptors (Lipinski definition) is 4. The van der Waals surface area contributed by atoms with Crippen LogP contribution < -0.4 is 4.90 Å². The summed E-state index contributed by atoms with van der Waals surface area (Å²) in [6, 6.07) is 15.6. The Morgan fingerprint density at radius 1 is 0.906 bits per heavy atom. The number of anilines is 1. The molecule has 3 atom stereocenters. The van der Waals surface area contributed by atoms with Gasteiger partial charge in [0.15, 0.2) is 0 Å². The highest BCUT2D eigenvalue weighted by atomic mass is 32.2. The Bertz CT molecular complexity index is 1400. The number of piperazine rings is 1. The zero-order valence-corrected chi connectivity index (χ0v) is 17.6. The summed E-state index contributed by atoms with van der Waals surface area (Å²) < 4.78 is 41.9. The van der Waals surface area contributed by atoms with E-state index in [1.165, 1.54) is 27.4 Å². The molecule has 3 aliphatic rings. The standard InChI is InChI=1S/C23H18FN3O4S/c24-17-9-3-4-11-20(17)32(30,31)25-13-15-12-19(25)21-22(28)27(23(29)26(15)21)18-10-5-7-14-6-1-2-8-16(14)18/h1-11,15,19,21H,12-13H2/t15-,19?,21?/m1/s1. The minimum Gasteiger partial charge on any atom is -0.306 e. The molecule has 0 N–H and O–H groups in total. The fourth-order valence-corrected chi connectivity index (χ4v) is 7.04. The first-order chi connectivity index (χ1) is 15.4. The van der Waals surface area contributed by atoms with Crippen LogP contribution in [0.5, 0.6) is 0 Å². The van der Waals surface area contributed by atoms with Crippen LogP contribution in [-0.2, 0) is 14.8 Å². The summed E-state index contributed by atoms with van der Waals surface area (Å²) in [6.07, 6.45) is 0.360. The van der Waals surface area contributed by atoms with E-state index in [9.17, 15) is 22.4 Å². The number of urea groups is 1. The molecule has 3 aromatic carbocycles. The van der Waals surface area contributed by atoms with Crippen molar-refractivity contribution in [2.24, 2.45) is 0 Å². The van der Waals surface area contributed by atoms with Crippen LogP contribution in [-0.4, -0.2) is 54.2 Å². The first kappa shape index (κ1) is 19.4. The molecule has 162 valence electrons. The van der Waals surface area contributed by atoms with E-state index >= 15 is 0 Å². The average Bonchev–Trinajstić information content (AvgIpc) is 3.45. The van der Waals surface area contributed by atoms with Gasteiger partial charge in [-0.15, -0.1) is 0 Å². The van der Waals surface area contributed by atoms with Crippen molar-refractivity contribution in [3.63, 3.8) is 0 Å². The fraction of sp³-hybridized carbons (Fsp3) is 0.217. The van der Waals surface area contributed by atoms with E-state index in [2.05, 4.69) is 0 Å². The van der Waals surface area contributed by atoms with E-state index in [4.69, 9.17) is 0 Å². The summed E-state index contributed by atoms with van der Waals surface area (Å²) >= 11 is 0. The second-order valence-electron chi connectivity index (χ2n) is 8.27. The Morgan fingerprint density at radius 3 is 2.44 bits per heavy atom. The Hall–Kier alpha value is -3.30. The second-order valence-corrected chi connectivity index (χ2v) is 10.1. The lowest BCUT2D eigenvalue weighted by molar-refractivity contribution is -0.120. The van der Waals surface area contributed by atoms with Gasteiger partial charge in [0.05, 0.1) is 11.7 Å². The summed E-state index contributed by atoms with van der Waals surface area (Å²) in [5.41, 5.74) is 0.482. The van der Waals surface area contributed by atoms with Crippen molar-refractivity contribution in [3.05, 3.63) is 72.5 Å². The predicted molar refractivity (Wildman–Crippen MR) is 115 cm³/mol. The van der Waals surface area contributed by atoms with E-state index in [-0.39, 0.29) is 6.54 Å². The second kappa shape index (κ2) is 6.60. The third-order valence-corrected chi connectivity index (χ3v) is 8.57. The van der Waals surface area contributed by atoms with E-state index in [1.807, 2.05) is 30.3 Å². The first-order valence-electron chi connectivity index (χ1n) is 10.3. The van der Waals surface area contributed by atoms with Gasteiger partial charge in [-0.05, 0) is 30.0 Å². The van der Waals surface area contributed by atoms with Gasteiger partial charge in [0.25, 0.3) is 5.91 Å². The van der Waals surface area contributed by atoms with Crippen LogP contribution in [0.1, 0.15) is 6.42 Å². The number of fused-ring (bicyclic) bond motifs is 6. The monoisotopic (exact) mass is 451 g/mol. The molecule has 3 aliphatic heterocycles. The van der Waals surface area contributed by atoms with Crippen LogP contribution in [0.2, 0.25) is 0 Å². The maximum absolute atomic E-state index is 14.3. The Balaban J connectivity index is 1.40. The molecular weight excluding hydrogens is 433 g/mol. The number of amides is 3. The molecule has 3 aromatic rings. The van der Waals surface area contributed by atoms with Gasteiger partial charge in [-0.2, -0.15) is 4.31 Å². The molecule has 7 nitrogen and oxygen atoms in total. The van der Waals surface area contributed by atoms with Crippen LogP contribution in [0.4, 0.5) is 14.9 Å². The summed E-state index contributed by atoms with van der Waals surface area (Å²) in [7, 11) is -4.15. The number of carbonyl (C=O) groups excluding carboxylic acids is 2. The zero-order valence-electron chi connectivity index (χ0n) is 16.8. The molecule has 3 saturated heterocycles. The van der Waals surface area contributed by atoms with Crippen LogP contribution >= 0.6 is 0 Å². The van der Waals surface area contributed by atoms with Crippen molar-refractivity contribution in [1.29, 1.82) is 0 Å². The van der Waals surface area contributed by atoms with Crippen molar-refractivity contribution in [1.82, 2.24) is 9.21 Å². The number of benzene rings is 3. The van der Waals surface area contributed by atoms with Crippen LogP contribution in [0.15, 0.2) is 71.6 Å². The minimum atomic E-state index is -4.15. The molecule has 3 amide bonds. The van der Waals surface area contributed by atoms with Gasteiger partial charge >= 0.3 is 6.03 Å². The normalized spacial score (nSPS) is 25.2. The molecule has 3 heterocycles. The van der Waals surface area contributed by atoms with Crippen molar-refractivity contribution in [2.75, 3.05) is 11.4 Å². The van der Waals surface area contributed by atoms with Crippen molar-refractivity contribution in [3.8, 4) is 0 Å². The van der Waals surface area contributed by atoms with Gasteiger partial charge in [-0.25, -0.2) is 22.5 Å². The SMILES string of the molecule is O=C1C2C3C[C@H](CN3S(=O)(=O)c3ccccc3F)N2C(=O)N1c1cccc2ccccc12. The number of imide groups is 1. The van der Waals surface area contributed by atoms with Crippen LogP contribution in [0.3, 0.4) is 0 Å². The fourth-order valence-electron chi connectivity index (χ4n) is 5.30. The smallest absolute Gasteiger partial charge is 0.306 e. The molecule has 6 rings (SSSR count). The zero-order chi connectivity index (χ0) is 22.2. The number of sulfonamides is 1. The predicted octanol–water partition coefficient (Wildman–Crippen LogP) is 2.96. The topological polar surface area (TPSA) is 78.0 Å². The highest BCUT2D eigenvalue weighted by Crippen LogP contribution is 2.45. The average molecular weight is 451 g/mol. The highest BCUT2D eigenvalue weighted by Gasteiger charge is 2.64. The molecule has 32 heavy (non-hydrogen) atoms. The van der Waals surface area contributed by atoms with E-state index in [0.717, 1.165) is 21.7 Å². The number of halogens is 1. The van der Waals surface area contributed by atoms with Crippen molar-refractivity contribution in [2.45, 2.75) is 29.4 Å². The van der Waals surface area contributed by atoms with E-state index in [1.54, 1.807) is 12.1 Å². The number of carbonyl (C=O) groups is 2. The minimum absolute atomic E-state index is 0.0419. The molecule has 0 spiro atoms. The molecular formula is C23H18FN3O4S. The molecule has 2 unspecified atom stereocenters. The maximum Gasteiger partial charge on any atom is 0.332 e.